The fourth-order valence-corrected chi connectivity index (χ4v) is 4.29. The van der Waals surface area contributed by atoms with Crippen LogP contribution < -0.4 is 11.1 Å². The van der Waals surface area contributed by atoms with E-state index in [4.69, 9.17) is 10.8 Å². The lowest BCUT2D eigenvalue weighted by atomic mass is 9.96. The lowest BCUT2D eigenvalue weighted by Gasteiger charge is -2.17. The van der Waals surface area contributed by atoms with Crippen LogP contribution in [0.5, 0.6) is 0 Å². The third-order valence-electron chi connectivity index (χ3n) is 5.07. The Balaban J connectivity index is 1.96. The molecule has 3 rings (SSSR count). The number of carboxylic acid groups (broad SMARTS) is 1. The molecule has 0 aliphatic rings. The van der Waals surface area contributed by atoms with Gasteiger partial charge in [-0.05, 0) is 43.2 Å². The molecule has 0 aliphatic heterocycles. The fourth-order valence-electron chi connectivity index (χ4n) is 3.27. The first kappa shape index (κ1) is 24.3. The molecule has 0 aliphatic carbocycles. The van der Waals surface area contributed by atoms with Gasteiger partial charge >= 0.3 is 5.97 Å². The fraction of sp³-hybridized carbons (Fsp3) is 0.160. The molecular weight excluding hydrogens is 450 g/mol. The lowest BCUT2D eigenvalue weighted by molar-refractivity contribution is -0.115. The predicted molar refractivity (Wildman–Crippen MR) is 130 cm³/mol. The first-order chi connectivity index (χ1) is 16.3. The summed E-state index contributed by atoms with van der Waals surface area (Å²) in [5, 5.41) is 31.1. The highest BCUT2D eigenvalue weighted by Gasteiger charge is 2.25. The number of aryl methyl sites for hydroxylation is 1. The van der Waals surface area contributed by atoms with Gasteiger partial charge in [0.2, 0.25) is 5.91 Å². The van der Waals surface area contributed by atoms with Crippen LogP contribution in [0.4, 0.5) is 11.5 Å². The Hall–Kier alpha value is -4.34. The van der Waals surface area contributed by atoms with Gasteiger partial charge in [0.1, 0.15) is 28.5 Å². The summed E-state index contributed by atoms with van der Waals surface area (Å²) in [5.74, 6) is -1.40. The van der Waals surface area contributed by atoms with Crippen LogP contribution in [0.3, 0.4) is 0 Å². The molecule has 170 valence electrons. The number of hydrogen-bond donors (Lipinski definition) is 3. The maximum absolute atomic E-state index is 12.9. The van der Waals surface area contributed by atoms with Crippen LogP contribution in [0.1, 0.15) is 40.4 Å². The summed E-state index contributed by atoms with van der Waals surface area (Å²) in [6, 6.07) is 17.4. The van der Waals surface area contributed by atoms with Crippen LogP contribution in [-0.4, -0.2) is 27.2 Å². The van der Waals surface area contributed by atoms with Gasteiger partial charge in [0, 0.05) is 11.3 Å². The predicted octanol–water partition coefficient (Wildman–Crippen LogP) is 4.59. The smallest absolute Gasteiger partial charge is 0.335 e. The van der Waals surface area contributed by atoms with E-state index in [1.807, 2.05) is 44.2 Å². The average molecular weight is 472 g/mol. The molecule has 0 saturated heterocycles. The van der Waals surface area contributed by atoms with Crippen molar-refractivity contribution < 1.29 is 14.7 Å². The highest BCUT2D eigenvalue weighted by atomic mass is 32.2. The third kappa shape index (κ3) is 5.17. The topological polar surface area (TPSA) is 153 Å². The molecule has 0 fully saturated rings. The van der Waals surface area contributed by atoms with Gasteiger partial charge in [-0.3, -0.25) is 4.79 Å². The van der Waals surface area contributed by atoms with Crippen molar-refractivity contribution in [3.63, 3.8) is 0 Å². The molecule has 34 heavy (non-hydrogen) atoms. The summed E-state index contributed by atoms with van der Waals surface area (Å²) in [5.41, 5.74) is 8.99. The number of nitrogen functional groups attached to an aromatic ring is 1. The van der Waals surface area contributed by atoms with Gasteiger partial charge in [-0.15, -0.1) is 0 Å². The molecule has 4 N–H and O–H groups in total. The second-order valence-electron chi connectivity index (χ2n) is 7.40. The minimum atomic E-state index is -1.06. The van der Waals surface area contributed by atoms with Crippen molar-refractivity contribution in [3.8, 4) is 23.3 Å². The van der Waals surface area contributed by atoms with E-state index in [1.54, 1.807) is 0 Å². The van der Waals surface area contributed by atoms with Crippen LogP contribution in [0.2, 0.25) is 0 Å². The van der Waals surface area contributed by atoms with Crippen LogP contribution in [0.25, 0.3) is 11.1 Å². The van der Waals surface area contributed by atoms with Gasteiger partial charge < -0.3 is 16.2 Å². The molecule has 1 amide bonds. The second-order valence-corrected chi connectivity index (χ2v) is 8.59. The Morgan fingerprint density at radius 3 is 2.24 bits per heavy atom. The third-order valence-corrected chi connectivity index (χ3v) is 6.42. The number of rotatable bonds is 7. The minimum Gasteiger partial charge on any atom is -0.478 e. The monoisotopic (exact) mass is 471 g/mol. The standard InChI is InChI=1S/C25H21N5O3S/c1-3-20(23(31)29-17-10-8-16(9-11-17)25(32)33)34-24-19(13-27)21(18(12-26)22(28)30-24)15-6-4-14(2)5-7-15/h4-11,20H,3H2,1-2H3,(H2,28,30)(H,29,31)(H,32,33). The molecule has 0 spiro atoms. The van der Waals surface area contributed by atoms with E-state index in [9.17, 15) is 20.1 Å². The van der Waals surface area contributed by atoms with E-state index < -0.39 is 11.2 Å². The maximum Gasteiger partial charge on any atom is 0.335 e. The zero-order valence-corrected chi connectivity index (χ0v) is 19.3. The molecule has 1 atom stereocenters. The van der Waals surface area contributed by atoms with Gasteiger partial charge in [0.25, 0.3) is 0 Å². The lowest BCUT2D eigenvalue weighted by Crippen LogP contribution is -2.25. The zero-order valence-electron chi connectivity index (χ0n) is 18.5. The Morgan fingerprint density at radius 2 is 1.71 bits per heavy atom. The normalized spacial score (nSPS) is 11.2. The number of carbonyl (C=O) groups excluding carboxylic acids is 1. The summed E-state index contributed by atoms with van der Waals surface area (Å²) < 4.78 is 0. The number of hydrogen-bond acceptors (Lipinski definition) is 7. The maximum atomic E-state index is 12.9. The number of nitrogens with two attached hydrogens (primary N) is 1. The highest BCUT2D eigenvalue weighted by Crippen LogP contribution is 2.37. The zero-order chi connectivity index (χ0) is 24.8. The Bertz CT molecular complexity index is 1320. The number of pyridine rings is 1. The Morgan fingerprint density at radius 1 is 1.09 bits per heavy atom. The molecule has 1 unspecified atom stereocenters. The van der Waals surface area contributed by atoms with Gasteiger partial charge in [-0.1, -0.05) is 48.5 Å². The summed E-state index contributed by atoms with van der Waals surface area (Å²) in [6.07, 6.45) is 0.427. The number of benzene rings is 2. The van der Waals surface area contributed by atoms with Gasteiger partial charge in [0.15, 0.2) is 0 Å². The van der Waals surface area contributed by atoms with Crippen molar-refractivity contribution in [2.45, 2.75) is 30.5 Å². The molecule has 1 aromatic heterocycles. The van der Waals surface area contributed by atoms with Crippen LogP contribution in [0, 0.1) is 29.6 Å². The molecule has 0 radical (unpaired) electrons. The van der Waals surface area contributed by atoms with Crippen molar-refractivity contribution in [3.05, 3.63) is 70.8 Å². The van der Waals surface area contributed by atoms with Gasteiger partial charge in [0.05, 0.1) is 16.4 Å². The van der Waals surface area contributed by atoms with Crippen molar-refractivity contribution in [2.75, 3.05) is 11.1 Å². The van der Waals surface area contributed by atoms with E-state index in [0.29, 0.717) is 23.2 Å². The number of nitrogens with zero attached hydrogens (tertiary/aromatic N) is 3. The van der Waals surface area contributed by atoms with Crippen LogP contribution >= 0.6 is 11.8 Å². The molecule has 9 heteroatoms. The molecule has 8 nitrogen and oxygen atoms in total. The quantitative estimate of drug-likeness (QED) is 0.423. The molecule has 3 aromatic rings. The molecular formula is C25H21N5O3S. The van der Waals surface area contributed by atoms with Crippen LogP contribution in [0.15, 0.2) is 53.6 Å². The Labute approximate surface area is 201 Å². The number of aromatic carboxylic acids is 1. The summed E-state index contributed by atoms with van der Waals surface area (Å²) in [4.78, 5) is 28.2. The second kappa shape index (κ2) is 10.5. The Kier molecular flexibility index (Phi) is 7.52. The molecule has 2 aromatic carbocycles. The minimum absolute atomic E-state index is 0.0147. The van der Waals surface area contributed by atoms with Crippen molar-refractivity contribution in [2.24, 2.45) is 0 Å². The number of nitrogens with one attached hydrogen (secondary N) is 1. The van der Waals surface area contributed by atoms with Crippen molar-refractivity contribution in [1.82, 2.24) is 4.98 Å². The largest absolute Gasteiger partial charge is 0.478 e. The van der Waals surface area contributed by atoms with Gasteiger partial charge in [-0.2, -0.15) is 10.5 Å². The molecule has 1 heterocycles. The highest BCUT2D eigenvalue weighted by molar-refractivity contribution is 8.00. The number of carbonyl (C=O) groups is 2. The number of nitriles is 2. The summed E-state index contributed by atoms with van der Waals surface area (Å²) >= 11 is 1.09. The first-order valence-electron chi connectivity index (χ1n) is 10.3. The average Bonchev–Trinajstić information content (AvgIpc) is 2.82. The van der Waals surface area contributed by atoms with Crippen molar-refractivity contribution >= 4 is 35.1 Å². The molecule has 0 bridgehead atoms. The number of amides is 1. The van der Waals surface area contributed by atoms with Crippen molar-refractivity contribution in [1.29, 1.82) is 10.5 Å². The van der Waals surface area contributed by atoms with E-state index in [2.05, 4.69) is 16.4 Å². The number of carboxylic acids is 1. The number of thioether (sulfide) groups is 1. The van der Waals surface area contributed by atoms with Crippen LogP contribution in [-0.2, 0) is 4.79 Å². The SMILES string of the molecule is CCC(Sc1nc(N)c(C#N)c(-c2ccc(C)cc2)c1C#N)C(=O)Nc1ccc(C(=O)O)cc1. The first-order valence-corrected chi connectivity index (χ1v) is 11.2. The number of anilines is 2. The number of aromatic nitrogens is 1. The molecule has 0 saturated carbocycles. The van der Waals surface area contributed by atoms with E-state index in [0.717, 1.165) is 17.3 Å². The van der Waals surface area contributed by atoms with E-state index in [-0.39, 0.29) is 33.4 Å². The van der Waals surface area contributed by atoms with Gasteiger partial charge in [-0.25, -0.2) is 9.78 Å². The summed E-state index contributed by atoms with van der Waals surface area (Å²) in [7, 11) is 0. The van der Waals surface area contributed by atoms with E-state index >= 15 is 0 Å². The summed E-state index contributed by atoms with van der Waals surface area (Å²) in [6.45, 7) is 3.76. The van der Waals surface area contributed by atoms with E-state index in [1.165, 1.54) is 24.3 Å².